The zero-order chi connectivity index (χ0) is 7.59. The summed E-state index contributed by atoms with van der Waals surface area (Å²) in [4.78, 5) is 0. The van der Waals surface area contributed by atoms with E-state index in [1.54, 1.807) is 0 Å². The molecule has 0 radical (unpaired) electrons. The van der Waals surface area contributed by atoms with E-state index in [0.29, 0.717) is 23.7 Å². The van der Waals surface area contributed by atoms with Crippen LogP contribution in [0.4, 0.5) is 0 Å². The molecule has 0 amide bonds. The summed E-state index contributed by atoms with van der Waals surface area (Å²) in [6.45, 7) is 0. The fourth-order valence-electron chi connectivity index (χ4n) is 3.17. The van der Waals surface area contributed by atoms with Crippen LogP contribution in [0.5, 0.6) is 0 Å². The highest BCUT2D eigenvalue weighted by Gasteiger charge is 2.60. The van der Waals surface area contributed by atoms with Gasteiger partial charge in [0.25, 0.3) is 0 Å². The number of aliphatic hydroxyl groups is 2. The number of rotatable bonds is 0. The Balaban J connectivity index is 1.96. The van der Waals surface area contributed by atoms with E-state index in [-0.39, 0.29) is 0 Å². The van der Waals surface area contributed by atoms with E-state index in [0.717, 1.165) is 0 Å². The molecule has 0 aliphatic heterocycles. The molecule has 0 aromatic heterocycles. The molecule has 2 saturated carbocycles. The number of aliphatic hydroxyl groups excluding tert-OH is 2. The fraction of sp³-hybridized carbons (Fsp3) is 0.778. The molecular formula is C9H12O2. The van der Waals surface area contributed by atoms with Crippen LogP contribution in [-0.4, -0.2) is 22.4 Å². The van der Waals surface area contributed by atoms with Crippen molar-refractivity contribution in [3.8, 4) is 0 Å². The van der Waals surface area contributed by atoms with Crippen LogP contribution in [0.25, 0.3) is 0 Å². The molecule has 0 spiro atoms. The molecule has 0 heterocycles. The van der Waals surface area contributed by atoms with Gasteiger partial charge in [0.1, 0.15) is 0 Å². The third kappa shape index (κ3) is 0.531. The van der Waals surface area contributed by atoms with Gasteiger partial charge in [-0.15, -0.1) is 0 Å². The predicted molar refractivity (Wildman–Crippen MR) is 39.7 cm³/mol. The molecule has 3 rings (SSSR count). The molecule has 2 N–H and O–H groups in total. The molecule has 0 unspecified atom stereocenters. The molecule has 2 heteroatoms. The zero-order valence-electron chi connectivity index (χ0n) is 6.22. The van der Waals surface area contributed by atoms with E-state index in [1.165, 1.54) is 6.42 Å². The Labute approximate surface area is 65.5 Å². The molecule has 60 valence electrons. The van der Waals surface area contributed by atoms with Crippen LogP contribution >= 0.6 is 0 Å². The number of fused-ring (bicyclic) bond motifs is 5. The first-order valence-corrected chi connectivity index (χ1v) is 4.33. The average molecular weight is 152 g/mol. The summed E-state index contributed by atoms with van der Waals surface area (Å²) >= 11 is 0. The van der Waals surface area contributed by atoms with Crippen molar-refractivity contribution in [2.75, 3.05) is 0 Å². The Morgan fingerprint density at radius 3 is 1.82 bits per heavy atom. The Bertz CT molecular complexity index is 202. The van der Waals surface area contributed by atoms with Gasteiger partial charge in [-0.3, -0.25) is 0 Å². The molecule has 2 bridgehead atoms. The normalized spacial score (nSPS) is 64.5. The van der Waals surface area contributed by atoms with Crippen LogP contribution in [0.3, 0.4) is 0 Å². The lowest BCUT2D eigenvalue weighted by Crippen LogP contribution is -2.57. The maximum atomic E-state index is 9.42. The molecule has 6 atom stereocenters. The van der Waals surface area contributed by atoms with E-state index in [1.807, 2.05) is 0 Å². The van der Waals surface area contributed by atoms with Crippen molar-refractivity contribution in [3.05, 3.63) is 12.2 Å². The van der Waals surface area contributed by atoms with Gasteiger partial charge in [-0.2, -0.15) is 0 Å². The van der Waals surface area contributed by atoms with Gasteiger partial charge in [0.05, 0.1) is 12.2 Å². The minimum Gasteiger partial charge on any atom is -0.390 e. The van der Waals surface area contributed by atoms with E-state index >= 15 is 0 Å². The van der Waals surface area contributed by atoms with Gasteiger partial charge in [-0.1, -0.05) is 12.2 Å². The summed E-state index contributed by atoms with van der Waals surface area (Å²) < 4.78 is 0. The Hall–Kier alpha value is -0.340. The second-order valence-electron chi connectivity index (χ2n) is 4.08. The number of allylic oxidation sites excluding steroid dienone is 2. The van der Waals surface area contributed by atoms with Gasteiger partial charge in [0.15, 0.2) is 0 Å². The minimum atomic E-state index is -0.431. The van der Waals surface area contributed by atoms with Crippen LogP contribution in [0.15, 0.2) is 12.2 Å². The number of hydrogen-bond donors (Lipinski definition) is 2. The second-order valence-corrected chi connectivity index (χ2v) is 4.08. The summed E-state index contributed by atoms with van der Waals surface area (Å²) in [6.07, 6.45) is 4.73. The average Bonchev–Trinajstić information content (AvgIpc) is 2.58. The summed E-state index contributed by atoms with van der Waals surface area (Å²) in [5.41, 5.74) is 0. The molecule has 0 saturated heterocycles. The van der Waals surface area contributed by atoms with Crippen molar-refractivity contribution >= 4 is 0 Å². The van der Waals surface area contributed by atoms with Crippen LogP contribution in [0.1, 0.15) is 6.42 Å². The van der Waals surface area contributed by atoms with Gasteiger partial charge >= 0.3 is 0 Å². The molecule has 0 aromatic rings. The Morgan fingerprint density at radius 1 is 0.909 bits per heavy atom. The molecular weight excluding hydrogens is 140 g/mol. The molecule has 2 fully saturated rings. The summed E-state index contributed by atoms with van der Waals surface area (Å²) in [7, 11) is 0. The smallest absolute Gasteiger partial charge is 0.0839 e. The van der Waals surface area contributed by atoms with E-state index in [9.17, 15) is 10.2 Å². The Morgan fingerprint density at radius 2 is 1.36 bits per heavy atom. The molecule has 3 aliphatic rings. The van der Waals surface area contributed by atoms with Gasteiger partial charge in [-0.25, -0.2) is 0 Å². The van der Waals surface area contributed by atoms with Gasteiger partial charge < -0.3 is 10.2 Å². The van der Waals surface area contributed by atoms with Gasteiger partial charge in [0, 0.05) is 0 Å². The minimum absolute atomic E-state index is 0.389. The van der Waals surface area contributed by atoms with Gasteiger partial charge in [-0.05, 0) is 30.1 Å². The largest absolute Gasteiger partial charge is 0.390 e. The van der Waals surface area contributed by atoms with Gasteiger partial charge in [0.2, 0.25) is 0 Å². The van der Waals surface area contributed by atoms with Crippen LogP contribution in [0.2, 0.25) is 0 Å². The fourth-order valence-corrected chi connectivity index (χ4v) is 3.17. The topological polar surface area (TPSA) is 40.5 Å². The van der Waals surface area contributed by atoms with Crippen molar-refractivity contribution in [1.29, 1.82) is 0 Å². The molecule has 11 heavy (non-hydrogen) atoms. The Kier molecular flexibility index (Phi) is 0.958. The highest BCUT2D eigenvalue weighted by atomic mass is 16.3. The quantitative estimate of drug-likeness (QED) is 0.485. The molecule has 0 aromatic carbocycles. The number of hydrogen-bond acceptors (Lipinski definition) is 2. The third-order valence-electron chi connectivity index (χ3n) is 3.72. The van der Waals surface area contributed by atoms with Crippen molar-refractivity contribution in [2.24, 2.45) is 23.7 Å². The second kappa shape index (κ2) is 1.70. The zero-order valence-corrected chi connectivity index (χ0v) is 6.22. The lowest BCUT2D eigenvalue weighted by atomic mass is 9.63. The van der Waals surface area contributed by atoms with Crippen LogP contribution in [0, 0.1) is 23.7 Å². The highest BCUT2D eigenvalue weighted by Crippen LogP contribution is 2.57. The summed E-state index contributed by atoms with van der Waals surface area (Å²) in [5, 5.41) is 18.8. The van der Waals surface area contributed by atoms with Crippen molar-refractivity contribution in [2.45, 2.75) is 18.6 Å². The predicted octanol–water partition coefficient (Wildman–Crippen LogP) is 0.160. The van der Waals surface area contributed by atoms with Crippen molar-refractivity contribution in [1.82, 2.24) is 0 Å². The first kappa shape index (κ1) is 6.21. The molecule has 3 aliphatic carbocycles. The highest BCUT2D eigenvalue weighted by molar-refractivity contribution is 5.21. The molecule has 2 nitrogen and oxygen atoms in total. The SMILES string of the molecule is O[C@@H]1[C@H](O)[C@H]2[C@H]1[C@@H]1C=C[C@@H]2C1. The summed E-state index contributed by atoms with van der Waals surface area (Å²) in [5.74, 6) is 1.92. The van der Waals surface area contributed by atoms with E-state index in [4.69, 9.17) is 0 Å². The monoisotopic (exact) mass is 152 g/mol. The first-order chi connectivity index (χ1) is 5.29. The van der Waals surface area contributed by atoms with Crippen molar-refractivity contribution < 1.29 is 10.2 Å². The van der Waals surface area contributed by atoms with Crippen LogP contribution < -0.4 is 0 Å². The van der Waals surface area contributed by atoms with Crippen molar-refractivity contribution in [3.63, 3.8) is 0 Å². The lowest BCUT2D eigenvalue weighted by molar-refractivity contribution is -0.157. The van der Waals surface area contributed by atoms with E-state index < -0.39 is 12.2 Å². The maximum Gasteiger partial charge on any atom is 0.0839 e. The van der Waals surface area contributed by atoms with E-state index in [2.05, 4.69) is 12.2 Å². The summed E-state index contributed by atoms with van der Waals surface area (Å²) in [6, 6.07) is 0. The third-order valence-corrected chi connectivity index (χ3v) is 3.72. The lowest BCUT2D eigenvalue weighted by Gasteiger charge is -2.47. The van der Waals surface area contributed by atoms with Crippen LogP contribution in [-0.2, 0) is 0 Å². The first-order valence-electron chi connectivity index (χ1n) is 4.33. The maximum absolute atomic E-state index is 9.42. The standard InChI is InChI=1S/C9H12O2/c10-8-6-4-1-2-5(3-4)7(6)9(8)11/h1-2,4-11H,3H2/t4-,5-,6-,7-,8-,9+/m1/s1.